The zero-order chi connectivity index (χ0) is 13.1. The summed E-state index contributed by atoms with van der Waals surface area (Å²) in [6.07, 6.45) is 4.87. The molecule has 0 spiro atoms. The zero-order valence-corrected chi connectivity index (χ0v) is 10.6. The van der Waals surface area contributed by atoms with E-state index in [2.05, 4.69) is 10.4 Å². The van der Waals surface area contributed by atoms with Crippen LogP contribution in [0.5, 0.6) is 0 Å². The molecule has 1 heterocycles. The van der Waals surface area contributed by atoms with Gasteiger partial charge >= 0.3 is 0 Å². The second kappa shape index (κ2) is 5.39. The molecular formula is C11H15ClN4O2. The second-order valence-electron chi connectivity index (χ2n) is 4.47. The molecule has 0 saturated heterocycles. The summed E-state index contributed by atoms with van der Waals surface area (Å²) in [5.74, 6) is -0.0341. The predicted octanol–water partition coefficient (Wildman–Crippen LogP) is 0.594. The third kappa shape index (κ3) is 2.81. The highest BCUT2D eigenvalue weighted by Gasteiger charge is 2.20. The average Bonchev–Trinajstić information content (AvgIpc) is 2.25. The Morgan fingerprint density at radius 3 is 2.89 bits per heavy atom. The Labute approximate surface area is 109 Å². The van der Waals surface area contributed by atoms with Crippen LogP contribution in [0.4, 0.5) is 5.69 Å². The van der Waals surface area contributed by atoms with E-state index in [0.717, 1.165) is 12.8 Å². The first-order valence-corrected chi connectivity index (χ1v) is 6.23. The third-order valence-corrected chi connectivity index (χ3v) is 3.38. The first-order chi connectivity index (χ1) is 8.58. The first-order valence-electron chi connectivity index (χ1n) is 5.85. The van der Waals surface area contributed by atoms with Crippen LogP contribution in [0.3, 0.4) is 0 Å². The highest BCUT2D eigenvalue weighted by atomic mass is 35.5. The van der Waals surface area contributed by atoms with E-state index < -0.39 is 5.91 Å². The molecule has 0 atom stereocenters. The molecule has 1 aliphatic rings. The summed E-state index contributed by atoms with van der Waals surface area (Å²) in [5, 5.41) is 6.85. The van der Waals surface area contributed by atoms with Crippen molar-refractivity contribution in [1.29, 1.82) is 0 Å². The molecule has 0 bridgehead atoms. The van der Waals surface area contributed by atoms with Crippen LogP contribution in [0, 0.1) is 5.92 Å². The number of carbonyl (C=O) groups excluding carboxylic acids is 1. The Kier molecular flexibility index (Phi) is 3.86. The molecular weight excluding hydrogens is 256 g/mol. The summed E-state index contributed by atoms with van der Waals surface area (Å²) in [4.78, 5) is 22.8. The van der Waals surface area contributed by atoms with Crippen LogP contribution in [-0.2, 0) is 11.3 Å². The van der Waals surface area contributed by atoms with Gasteiger partial charge in [0.1, 0.15) is 5.69 Å². The molecule has 3 N–H and O–H groups in total. The second-order valence-corrected chi connectivity index (χ2v) is 4.88. The smallest absolute Gasteiger partial charge is 0.291 e. The number of primary amides is 1. The fourth-order valence-corrected chi connectivity index (χ4v) is 2.05. The highest BCUT2D eigenvalue weighted by molar-refractivity contribution is 6.33. The number of aromatic nitrogens is 2. The molecule has 1 amide bonds. The topological polar surface area (TPSA) is 90.0 Å². The minimum atomic E-state index is -0.548. The quantitative estimate of drug-likeness (QED) is 0.820. The van der Waals surface area contributed by atoms with E-state index >= 15 is 0 Å². The minimum absolute atomic E-state index is 0.123. The van der Waals surface area contributed by atoms with Crippen LogP contribution in [0.15, 0.2) is 11.0 Å². The minimum Gasteiger partial charge on any atom is -0.370 e. The predicted molar refractivity (Wildman–Crippen MR) is 68.5 cm³/mol. The van der Waals surface area contributed by atoms with Gasteiger partial charge in [-0.05, 0) is 18.8 Å². The Morgan fingerprint density at radius 2 is 2.33 bits per heavy atom. The number of carbonyl (C=O) groups is 1. The number of hydrogen-bond donors (Lipinski definition) is 2. The van der Waals surface area contributed by atoms with Crippen LogP contribution in [0.25, 0.3) is 0 Å². The first kappa shape index (κ1) is 12.9. The van der Waals surface area contributed by atoms with E-state index in [4.69, 9.17) is 17.3 Å². The van der Waals surface area contributed by atoms with Crippen LogP contribution in [0.1, 0.15) is 19.3 Å². The molecule has 1 fully saturated rings. The molecule has 0 unspecified atom stereocenters. The molecule has 7 heteroatoms. The molecule has 0 radical (unpaired) electrons. The lowest BCUT2D eigenvalue weighted by Gasteiger charge is -2.25. The number of nitrogens with one attached hydrogen (secondary N) is 1. The molecule has 1 aliphatic carbocycles. The molecule has 1 aromatic heterocycles. The van der Waals surface area contributed by atoms with Crippen LogP contribution < -0.4 is 16.6 Å². The number of hydrogen-bond acceptors (Lipinski definition) is 4. The van der Waals surface area contributed by atoms with E-state index in [1.807, 2.05) is 0 Å². The molecule has 0 aromatic carbocycles. The van der Waals surface area contributed by atoms with Crippen molar-refractivity contribution in [3.63, 3.8) is 0 Å². The van der Waals surface area contributed by atoms with E-state index in [0.29, 0.717) is 12.5 Å². The number of halogens is 1. The van der Waals surface area contributed by atoms with Gasteiger partial charge in [0.05, 0.1) is 17.8 Å². The van der Waals surface area contributed by atoms with Gasteiger partial charge in [0.2, 0.25) is 5.91 Å². The van der Waals surface area contributed by atoms with Gasteiger partial charge in [0.15, 0.2) is 0 Å². The average molecular weight is 271 g/mol. The van der Waals surface area contributed by atoms with Crippen molar-refractivity contribution in [3.8, 4) is 0 Å². The van der Waals surface area contributed by atoms with Gasteiger partial charge in [-0.3, -0.25) is 9.59 Å². The summed E-state index contributed by atoms with van der Waals surface area (Å²) in [5.41, 5.74) is 4.90. The summed E-state index contributed by atoms with van der Waals surface area (Å²) in [6.45, 7) is 0.476. The Bertz CT molecular complexity index is 510. The molecule has 18 heavy (non-hydrogen) atoms. The van der Waals surface area contributed by atoms with Crippen molar-refractivity contribution in [2.75, 3.05) is 11.9 Å². The fourth-order valence-electron chi connectivity index (χ4n) is 1.85. The van der Waals surface area contributed by atoms with Crippen molar-refractivity contribution in [1.82, 2.24) is 9.78 Å². The van der Waals surface area contributed by atoms with Gasteiger partial charge < -0.3 is 11.1 Å². The summed E-state index contributed by atoms with van der Waals surface area (Å²) in [6, 6.07) is 0. The van der Waals surface area contributed by atoms with Gasteiger partial charge in [-0.1, -0.05) is 18.0 Å². The molecule has 0 aliphatic heterocycles. The molecule has 1 aromatic rings. The lowest BCUT2D eigenvalue weighted by Crippen LogP contribution is -2.32. The lowest BCUT2D eigenvalue weighted by molar-refractivity contribution is -0.116. The largest absolute Gasteiger partial charge is 0.370 e. The summed E-state index contributed by atoms with van der Waals surface area (Å²) >= 11 is 5.88. The standard InChI is InChI=1S/C11H15ClN4O2/c12-8-4-15-16(6-7-2-1-3-7)11(18)10(8)14-5-9(13)17/h4,7,14H,1-3,5-6H2,(H2,13,17). The molecule has 6 nitrogen and oxygen atoms in total. The Balaban J connectivity index is 2.18. The van der Waals surface area contributed by atoms with E-state index in [9.17, 15) is 9.59 Å². The van der Waals surface area contributed by atoms with Crippen LogP contribution >= 0.6 is 11.6 Å². The van der Waals surface area contributed by atoms with E-state index in [1.165, 1.54) is 17.3 Å². The molecule has 98 valence electrons. The lowest BCUT2D eigenvalue weighted by atomic mass is 9.85. The third-order valence-electron chi connectivity index (χ3n) is 3.09. The summed E-state index contributed by atoms with van der Waals surface area (Å²) in [7, 11) is 0. The number of amides is 1. The number of nitrogens with two attached hydrogens (primary N) is 1. The number of anilines is 1. The van der Waals surface area contributed by atoms with Gasteiger partial charge in [0.25, 0.3) is 5.56 Å². The Hall–Kier alpha value is -1.56. The SMILES string of the molecule is NC(=O)CNc1c(Cl)cnn(CC2CCC2)c1=O. The van der Waals surface area contributed by atoms with E-state index in [1.54, 1.807) is 0 Å². The van der Waals surface area contributed by atoms with Gasteiger partial charge in [0, 0.05) is 6.54 Å². The van der Waals surface area contributed by atoms with Gasteiger partial charge in [-0.15, -0.1) is 0 Å². The van der Waals surface area contributed by atoms with Gasteiger partial charge in [-0.25, -0.2) is 4.68 Å². The van der Waals surface area contributed by atoms with Crippen molar-refractivity contribution in [2.45, 2.75) is 25.8 Å². The van der Waals surface area contributed by atoms with Crippen LogP contribution in [-0.4, -0.2) is 22.2 Å². The van der Waals surface area contributed by atoms with E-state index in [-0.39, 0.29) is 22.8 Å². The number of nitrogens with zero attached hydrogens (tertiary/aromatic N) is 2. The maximum Gasteiger partial charge on any atom is 0.291 e. The monoisotopic (exact) mass is 270 g/mol. The molecule has 1 saturated carbocycles. The van der Waals surface area contributed by atoms with Crippen LogP contribution in [0.2, 0.25) is 5.02 Å². The number of rotatable bonds is 5. The Morgan fingerprint density at radius 1 is 1.61 bits per heavy atom. The van der Waals surface area contributed by atoms with Crippen molar-refractivity contribution in [3.05, 3.63) is 21.6 Å². The fraction of sp³-hybridized carbons (Fsp3) is 0.545. The highest BCUT2D eigenvalue weighted by Crippen LogP contribution is 2.27. The maximum atomic E-state index is 12.1. The zero-order valence-electron chi connectivity index (χ0n) is 9.86. The maximum absolute atomic E-state index is 12.1. The van der Waals surface area contributed by atoms with Crippen molar-refractivity contribution in [2.24, 2.45) is 11.7 Å². The van der Waals surface area contributed by atoms with Crippen molar-refractivity contribution >= 4 is 23.2 Å². The molecule has 2 rings (SSSR count). The van der Waals surface area contributed by atoms with Crippen molar-refractivity contribution < 1.29 is 4.79 Å². The van der Waals surface area contributed by atoms with Gasteiger partial charge in [-0.2, -0.15) is 5.10 Å². The normalized spacial score (nSPS) is 15.2. The summed E-state index contributed by atoms with van der Waals surface area (Å²) < 4.78 is 1.39.